The molecule has 1 unspecified atom stereocenters. The van der Waals surface area contributed by atoms with Crippen LogP contribution in [-0.2, 0) is 15.9 Å². The molecule has 3 nitrogen and oxygen atoms in total. The Hall–Kier alpha value is -0.760. The molecule has 0 aliphatic carbocycles. The van der Waals surface area contributed by atoms with Gasteiger partial charge >= 0.3 is 8.03 Å². The summed E-state index contributed by atoms with van der Waals surface area (Å²) in [5.41, 5.74) is 0.998. The van der Waals surface area contributed by atoms with E-state index < -0.39 is 8.03 Å². The van der Waals surface area contributed by atoms with Crippen LogP contribution in [0.2, 0.25) is 0 Å². The van der Waals surface area contributed by atoms with E-state index in [1.807, 2.05) is 0 Å². The van der Waals surface area contributed by atoms with Crippen molar-refractivity contribution >= 4 is 13.3 Å². The highest BCUT2D eigenvalue weighted by Gasteiger charge is 2.14. The van der Waals surface area contributed by atoms with Gasteiger partial charge in [-0.2, -0.15) is 4.89 Å². The molecule has 0 bridgehead atoms. The van der Waals surface area contributed by atoms with Crippen molar-refractivity contribution in [3.8, 4) is 0 Å². The van der Waals surface area contributed by atoms with Crippen LogP contribution in [0.15, 0.2) is 24.3 Å². The lowest BCUT2D eigenvalue weighted by atomic mass is 10.2. The van der Waals surface area contributed by atoms with Crippen molar-refractivity contribution in [1.82, 2.24) is 0 Å². The average molecular weight is 185 g/mol. The molecule has 64 valence electrons. The van der Waals surface area contributed by atoms with Crippen LogP contribution in [0.3, 0.4) is 0 Å². The second-order valence-electron chi connectivity index (χ2n) is 2.37. The zero-order chi connectivity index (χ0) is 8.97. The Labute approximate surface area is 71.9 Å². The molecule has 0 amide bonds. The zero-order valence-corrected chi connectivity index (χ0v) is 7.62. The first kappa shape index (κ1) is 9.33. The maximum absolute atomic E-state index is 10.6. The van der Waals surface area contributed by atoms with Crippen molar-refractivity contribution < 1.29 is 14.2 Å². The quantitative estimate of drug-likeness (QED) is 0.719. The van der Waals surface area contributed by atoms with Gasteiger partial charge in [0.15, 0.2) is 0 Å². The van der Waals surface area contributed by atoms with E-state index in [1.165, 1.54) is 0 Å². The minimum absolute atomic E-state index is 0.449. The molecule has 0 saturated carbocycles. The molecule has 0 saturated heterocycles. The molecule has 0 aliphatic heterocycles. The van der Waals surface area contributed by atoms with Gasteiger partial charge in [0, 0.05) is 7.11 Å². The number of hydrogen-bond acceptors (Lipinski definition) is 2. The normalized spacial score (nSPS) is 11.3. The van der Waals surface area contributed by atoms with Crippen LogP contribution in [0.4, 0.5) is 0 Å². The monoisotopic (exact) mass is 185 g/mol. The first-order chi connectivity index (χ1) is 5.74. The van der Waals surface area contributed by atoms with Crippen molar-refractivity contribution in [2.45, 2.75) is 6.61 Å². The van der Waals surface area contributed by atoms with Crippen LogP contribution in [0.25, 0.3) is 0 Å². The van der Waals surface area contributed by atoms with Gasteiger partial charge in [0.05, 0.1) is 6.61 Å². The van der Waals surface area contributed by atoms with E-state index >= 15 is 0 Å². The van der Waals surface area contributed by atoms with Gasteiger partial charge in [0.1, 0.15) is 0 Å². The Bertz CT molecular complexity index is 268. The number of benzene rings is 1. The van der Waals surface area contributed by atoms with Crippen LogP contribution in [0.5, 0.6) is 0 Å². The van der Waals surface area contributed by atoms with Crippen molar-refractivity contribution in [2.24, 2.45) is 0 Å². The molecule has 1 rings (SSSR count). The molecular weight excluding hydrogens is 175 g/mol. The van der Waals surface area contributed by atoms with E-state index in [9.17, 15) is 4.57 Å². The number of ether oxygens (including phenoxy) is 1. The summed E-state index contributed by atoms with van der Waals surface area (Å²) < 4.78 is 15.5. The molecule has 4 heteroatoms. The van der Waals surface area contributed by atoms with E-state index in [2.05, 4.69) is 0 Å². The summed E-state index contributed by atoms with van der Waals surface area (Å²) in [6.45, 7) is 0.530. The van der Waals surface area contributed by atoms with Gasteiger partial charge in [-0.25, -0.2) is 0 Å². The predicted molar refractivity (Wildman–Crippen MR) is 46.6 cm³/mol. The van der Waals surface area contributed by atoms with E-state index in [0.29, 0.717) is 11.9 Å². The number of rotatable bonds is 3. The summed E-state index contributed by atoms with van der Waals surface area (Å²) in [6, 6.07) is 6.82. The van der Waals surface area contributed by atoms with Crippen LogP contribution in [0.1, 0.15) is 5.56 Å². The summed E-state index contributed by atoms with van der Waals surface area (Å²) in [6.07, 6.45) is 0. The molecule has 0 spiro atoms. The molecule has 0 aromatic heterocycles. The van der Waals surface area contributed by atoms with Crippen molar-refractivity contribution in [3.05, 3.63) is 29.8 Å². The summed E-state index contributed by atoms with van der Waals surface area (Å²) >= 11 is 0. The summed E-state index contributed by atoms with van der Waals surface area (Å²) in [4.78, 5) is 8.72. The maximum atomic E-state index is 10.6. The molecule has 0 heterocycles. The van der Waals surface area contributed by atoms with Gasteiger partial charge in [0.25, 0.3) is 0 Å². The predicted octanol–water partition coefficient (Wildman–Crippen LogP) is 1.19. The topological polar surface area (TPSA) is 46.5 Å². The summed E-state index contributed by atoms with van der Waals surface area (Å²) in [7, 11) is -0.597. The Morgan fingerprint density at radius 3 is 2.42 bits per heavy atom. The van der Waals surface area contributed by atoms with E-state index in [4.69, 9.17) is 9.63 Å². The molecule has 0 aliphatic rings. The summed E-state index contributed by atoms with van der Waals surface area (Å²) in [5.74, 6) is 0. The largest absolute Gasteiger partial charge is 0.546 e. The molecular formula is C8H10O3P+. The first-order valence-corrected chi connectivity index (χ1v) is 4.69. The number of methoxy groups -OCH3 is 1. The van der Waals surface area contributed by atoms with Crippen molar-refractivity contribution in [2.75, 3.05) is 7.11 Å². The second-order valence-corrected chi connectivity index (χ2v) is 3.43. The van der Waals surface area contributed by atoms with E-state index in [-0.39, 0.29) is 0 Å². The highest BCUT2D eigenvalue weighted by Crippen LogP contribution is 2.12. The highest BCUT2D eigenvalue weighted by atomic mass is 31.1. The Balaban J connectivity index is 2.78. The van der Waals surface area contributed by atoms with Gasteiger partial charge in [-0.3, -0.25) is 0 Å². The second kappa shape index (κ2) is 4.31. The fraction of sp³-hybridized carbons (Fsp3) is 0.250. The smallest absolute Gasteiger partial charge is 0.380 e. The van der Waals surface area contributed by atoms with Crippen LogP contribution >= 0.6 is 8.03 Å². The van der Waals surface area contributed by atoms with E-state index in [0.717, 1.165) is 5.56 Å². The molecule has 0 fully saturated rings. The molecule has 12 heavy (non-hydrogen) atoms. The van der Waals surface area contributed by atoms with Crippen molar-refractivity contribution in [3.63, 3.8) is 0 Å². The average Bonchev–Trinajstić information content (AvgIpc) is 2.06. The lowest BCUT2D eigenvalue weighted by Crippen LogP contribution is -1.96. The van der Waals surface area contributed by atoms with Crippen LogP contribution in [-0.4, -0.2) is 12.0 Å². The molecule has 1 N–H and O–H groups in total. The minimum Gasteiger partial charge on any atom is -0.380 e. The third-order valence-corrected chi connectivity index (χ3v) is 2.21. The molecule has 1 aromatic rings. The van der Waals surface area contributed by atoms with Crippen molar-refractivity contribution in [1.29, 1.82) is 0 Å². The maximum Gasteiger partial charge on any atom is 0.546 e. The lowest BCUT2D eigenvalue weighted by molar-refractivity contribution is 0.185. The van der Waals surface area contributed by atoms with Crippen LogP contribution < -0.4 is 5.30 Å². The summed E-state index contributed by atoms with van der Waals surface area (Å²) in [5, 5.41) is 0.449. The van der Waals surface area contributed by atoms with E-state index in [1.54, 1.807) is 31.4 Å². The van der Waals surface area contributed by atoms with Gasteiger partial charge in [-0.05, 0) is 22.3 Å². The lowest BCUT2D eigenvalue weighted by Gasteiger charge is -1.96. The Morgan fingerprint density at radius 2 is 2.00 bits per heavy atom. The molecule has 1 aromatic carbocycles. The van der Waals surface area contributed by atoms with Gasteiger partial charge in [0.2, 0.25) is 5.30 Å². The zero-order valence-electron chi connectivity index (χ0n) is 6.73. The Morgan fingerprint density at radius 1 is 1.42 bits per heavy atom. The van der Waals surface area contributed by atoms with Gasteiger partial charge in [-0.1, -0.05) is 12.1 Å². The van der Waals surface area contributed by atoms with Crippen LogP contribution in [0, 0.1) is 0 Å². The van der Waals surface area contributed by atoms with Gasteiger partial charge < -0.3 is 4.74 Å². The van der Waals surface area contributed by atoms with Gasteiger partial charge in [-0.15, -0.1) is 0 Å². The third kappa shape index (κ3) is 2.38. The molecule has 1 atom stereocenters. The first-order valence-electron chi connectivity index (χ1n) is 3.48. The Kier molecular flexibility index (Phi) is 3.35. The fourth-order valence-electron chi connectivity index (χ4n) is 0.886. The number of hydrogen-bond donors (Lipinski definition) is 1. The highest BCUT2D eigenvalue weighted by molar-refractivity contribution is 7.47. The minimum atomic E-state index is -2.21. The third-order valence-electron chi connectivity index (χ3n) is 1.47. The SMILES string of the molecule is COCc1ccc([P+](=O)O)cc1. The fourth-order valence-corrected chi connectivity index (χ4v) is 1.29. The molecule has 0 radical (unpaired) electrons. The standard InChI is InChI=1S/C8H9O3P/c1-11-6-7-2-4-8(5-3-7)12(9)10/h2-5H,6H2,1H3/p+1.